The second-order valence-corrected chi connectivity index (χ2v) is 5.76. The number of hydrogen-bond acceptors (Lipinski definition) is 1. The number of halogens is 3. The number of aryl methyl sites for hydroxylation is 1. The van der Waals surface area contributed by atoms with Gasteiger partial charge in [0.05, 0.1) is 0 Å². The third kappa shape index (κ3) is 3.47. The molecule has 1 amide bonds. The molecule has 0 saturated carbocycles. The molecule has 0 aliphatic rings. The molecule has 0 radical (unpaired) electrons. The van der Waals surface area contributed by atoms with Gasteiger partial charge in [0, 0.05) is 18.1 Å². The summed E-state index contributed by atoms with van der Waals surface area (Å²) in [6.07, 6.45) is 0. The average molecular weight is 354 g/mol. The van der Waals surface area contributed by atoms with Crippen LogP contribution < -0.4 is 0 Å². The molecule has 5 heteroatoms. The molecule has 0 bridgehead atoms. The van der Waals surface area contributed by atoms with Gasteiger partial charge in [-0.3, -0.25) is 4.79 Å². The predicted molar refractivity (Wildman–Crippen MR) is 81.0 cm³/mol. The highest BCUT2D eigenvalue weighted by Gasteiger charge is 2.22. The van der Waals surface area contributed by atoms with Gasteiger partial charge in [0.25, 0.3) is 5.91 Å². The first-order chi connectivity index (χ1) is 9.90. The zero-order valence-electron chi connectivity index (χ0n) is 11.7. The lowest BCUT2D eigenvalue weighted by Crippen LogP contribution is -2.28. The first-order valence-electron chi connectivity index (χ1n) is 6.34. The number of amides is 1. The summed E-state index contributed by atoms with van der Waals surface area (Å²) < 4.78 is 28.6. The molecular weight excluding hydrogens is 340 g/mol. The van der Waals surface area contributed by atoms with Crippen molar-refractivity contribution in [1.82, 2.24) is 4.90 Å². The Kier molecular flexibility index (Phi) is 4.73. The van der Waals surface area contributed by atoms with Crippen LogP contribution in [-0.4, -0.2) is 17.9 Å². The standard InChI is InChI=1S/C16H14BrF2NO/c1-10-6-7-13(18)14(15(10)19)16(21)20(2)9-11-4-3-5-12(17)8-11/h3-8H,9H2,1-2H3. The van der Waals surface area contributed by atoms with Crippen LogP contribution in [0.5, 0.6) is 0 Å². The van der Waals surface area contributed by atoms with Gasteiger partial charge in [0.15, 0.2) is 0 Å². The summed E-state index contributed by atoms with van der Waals surface area (Å²) >= 11 is 3.34. The lowest BCUT2D eigenvalue weighted by atomic mass is 10.1. The summed E-state index contributed by atoms with van der Waals surface area (Å²) in [5.74, 6) is -2.32. The Labute approximate surface area is 130 Å². The van der Waals surface area contributed by atoms with Gasteiger partial charge in [-0.2, -0.15) is 0 Å². The molecular formula is C16H14BrF2NO. The largest absolute Gasteiger partial charge is 0.337 e. The maximum absolute atomic E-state index is 14.0. The minimum absolute atomic E-state index is 0.246. The molecule has 0 atom stereocenters. The predicted octanol–water partition coefficient (Wildman–Crippen LogP) is 4.31. The van der Waals surface area contributed by atoms with Crippen LogP contribution in [0.15, 0.2) is 40.9 Å². The van der Waals surface area contributed by atoms with E-state index in [1.54, 1.807) is 0 Å². The van der Waals surface area contributed by atoms with Crippen molar-refractivity contribution in [3.05, 3.63) is 69.2 Å². The van der Waals surface area contributed by atoms with E-state index >= 15 is 0 Å². The van der Waals surface area contributed by atoms with Crippen molar-refractivity contribution < 1.29 is 13.6 Å². The van der Waals surface area contributed by atoms with Crippen molar-refractivity contribution in [1.29, 1.82) is 0 Å². The van der Waals surface area contributed by atoms with Gasteiger partial charge >= 0.3 is 0 Å². The maximum atomic E-state index is 14.0. The Bertz CT molecular complexity index is 688. The van der Waals surface area contributed by atoms with Crippen molar-refractivity contribution in [2.75, 3.05) is 7.05 Å². The van der Waals surface area contributed by atoms with Crippen LogP contribution in [0.25, 0.3) is 0 Å². The Morgan fingerprint density at radius 1 is 1.24 bits per heavy atom. The van der Waals surface area contributed by atoms with E-state index in [4.69, 9.17) is 0 Å². The van der Waals surface area contributed by atoms with Crippen LogP contribution in [0.3, 0.4) is 0 Å². The molecule has 2 aromatic carbocycles. The molecule has 0 aliphatic heterocycles. The van der Waals surface area contributed by atoms with E-state index in [1.807, 2.05) is 24.3 Å². The van der Waals surface area contributed by atoms with E-state index in [9.17, 15) is 13.6 Å². The lowest BCUT2D eigenvalue weighted by Gasteiger charge is -2.18. The Morgan fingerprint density at radius 2 is 1.95 bits per heavy atom. The Balaban J connectivity index is 2.26. The zero-order chi connectivity index (χ0) is 15.6. The molecule has 0 unspecified atom stereocenters. The van der Waals surface area contributed by atoms with E-state index in [-0.39, 0.29) is 12.1 Å². The maximum Gasteiger partial charge on any atom is 0.259 e. The van der Waals surface area contributed by atoms with Gasteiger partial charge in [-0.25, -0.2) is 8.78 Å². The van der Waals surface area contributed by atoms with Crippen LogP contribution >= 0.6 is 15.9 Å². The van der Waals surface area contributed by atoms with Crippen molar-refractivity contribution in [3.63, 3.8) is 0 Å². The molecule has 0 N–H and O–H groups in total. The van der Waals surface area contributed by atoms with Crippen molar-refractivity contribution in [2.24, 2.45) is 0 Å². The molecule has 0 saturated heterocycles. The molecule has 0 aliphatic carbocycles. The van der Waals surface area contributed by atoms with Gasteiger partial charge in [-0.1, -0.05) is 34.1 Å². The van der Waals surface area contributed by atoms with Crippen molar-refractivity contribution in [3.8, 4) is 0 Å². The molecule has 0 fully saturated rings. The molecule has 21 heavy (non-hydrogen) atoms. The minimum atomic E-state index is -0.843. The lowest BCUT2D eigenvalue weighted by molar-refractivity contribution is 0.0775. The Morgan fingerprint density at radius 3 is 2.62 bits per heavy atom. The van der Waals surface area contributed by atoms with Crippen LogP contribution in [0, 0.1) is 18.6 Å². The zero-order valence-corrected chi connectivity index (χ0v) is 13.2. The summed E-state index contributed by atoms with van der Waals surface area (Å²) in [7, 11) is 1.52. The molecule has 0 aromatic heterocycles. The first-order valence-corrected chi connectivity index (χ1v) is 7.14. The number of carbonyl (C=O) groups excluding carboxylic acids is 1. The molecule has 2 rings (SSSR count). The summed E-state index contributed by atoms with van der Waals surface area (Å²) in [5, 5.41) is 0. The summed E-state index contributed by atoms with van der Waals surface area (Å²) in [6, 6.07) is 9.83. The third-order valence-corrected chi connectivity index (χ3v) is 3.65. The summed E-state index contributed by atoms with van der Waals surface area (Å²) in [4.78, 5) is 13.6. The fourth-order valence-corrected chi connectivity index (χ4v) is 2.47. The van der Waals surface area contributed by atoms with Gasteiger partial charge in [0.2, 0.25) is 0 Å². The van der Waals surface area contributed by atoms with Crippen LogP contribution in [-0.2, 0) is 6.54 Å². The molecule has 0 spiro atoms. The average Bonchev–Trinajstić information content (AvgIpc) is 2.43. The highest BCUT2D eigenvalue weighted by Crippen LogP contribution is 2.19. The normalized spacial score (nSPS) is 10.5. The Hall–Kier alpha value is -1.75. The fourth-order valence-electron chi connectivity index (χ4n) is 2.02. The molecule has 2 aromatic rings. The van der Waals surface area contributed by atoms with Crippen molar-refractivity contribution in [2.45, 2.75) is 13.5 Å². The number of benzene rings is 2. The van der Waals surface area contributed by atoms with Gasteiger partial charge in [-0.15, -0.1) is 0 Å². The highest BCUT2D eigenvalue weighted by atomic mass is 79.9. The van der Waals surface area contributed by atoms with Gasteiger partial charge < -0.3 is 4.90 Å². The van der Waals surface area contributed by atoms with E-state index in [0.29, 0.717) is 0 Å². The third-order valence-electron chi connectivity index (χ3n) is 3.15. The summed E-state index contributed by atoms with van der Waals surface area (Å²) in [6.45, 7) is 1.77. The monoisotopic (exact) mass is 353 g/mol. The fraction of sp³-hybridized carbons (Fsp3) is 0.188. The number of nitrogens with zero attached hydrogens (tertiary/aromatic N) is 1. The van der Waals surface area contributed by atoms with Crippen LogP contribution in [0.1, 0.15) is 21.5 Å². The second-order valence-electron chi connectivity index (χ2n) is 4.84. The van der Waals surface area contributed by atoms with E-state index < -0.39 is 23.1 Å². The quantitative estimate of drug-likeness (QED) is 0.805. The minimum Gasteiger partial charge on any atom is -0.337 e. The molecule has 2 nitrogen and oxygen atoms in total. The van der Waals surface area contributed by atoms with Crippen molar-refractivity contribution >= 4 is 21.8 Å². The highest BCUT2D eigenvalue weighted by molar-refractivity contribution is 9.10. The van der Waals surface area contributed by atoms with E-state index in [1.165, 1.54) is 24.9 Å². The first kappa shape index (κ1) is 15.6. The number of carbonyl (C=O) groups is 1. The van der Waals surface area contributed by atoms with E-state index in [2.05, 4.69) is 15.9 Å². The molecule has 110 valence electrons. The van der Waals surface area contributed by atoms with Crippen LogP contribution in [0.4, 0.5) is 8.78 Å². The van der Waals surface area contributed by atoms with Gasteiger partial charge in [-0.05, 0) is 36.2 Å². The number of hydrogen-bond donors (Lipinski definition) is 0. The number of rotatable bonds is 3. The summed E-state index contributed by atoms with van der Waals surface area (Å²) in [5.41, 5.74) is 0.608. The van der Waals surface area contributed by atoms with Crippen LogP contribution in [0.2, 0.25) is 0 Å². The van der Waals surface area contributed by atoms with E-state index in [0.717, 1.165) is 16.1 Å². The smallest absolute Gasteiger partial charge is 0.259 e. The topological polar surface area (TPSA) is 20.3 Å². The molecule has 0 heterocycles. The second kappa shape index (κ2) is 6.35. The SMILES string of the molecule is Cc1ccc(F)c(C(=O)N(C)Cc2cccc(Br)c2)c1F. The van der Waals surface area contributed by atoms with Gasteiger partial charge in [0.1, 0.15) is 17.2 Å².